The Hall–Kier alpha value is -1.62. The van der Waals surface area contributed by atoms with Crippen molar-refractivity contribution in [2.45, 2.75) is 45.3 Å². The molecular weight excluding hydrogens is 238 g/mol. The lowest BCUT2D eigenvalue weighted by Crippen LogP contribution is -2.25. The molecular formula is C14H21N5. The van der Waals surface area contributed by atoms with E-state index in [1.807, 2.05) is 12.4 Å². The summed E-state index contributed by atoms with van der Waals surface area (Å²) in [5.74, 6) is 1.15. The van der Waals surface area contributed by atoms with Crippen LogP contribution in [0.5, 0.6) is 0 Å². The molecule has 3 rings (SSSR count). The predicted octanol–water partition coefficient (Wildman–Crippen LogP) is 2.52. The molecule has 19 heavy (non-hydrogen) atoms. The van der Waals surface area contributed by atoms with Crippen molar-refractivity contribution in [2.24, 2.45) is 0 Å². The maximum absolute atomic E-state index is 4.51. The number of nitrogens with zero attached hydrogens (tertiary/aromatic N) is 4. The standard InChI is InChI=1S/C14H21N5/c1-11(2)19-9-7-15-14(19)10-18-8-3-4-13(18)12-5-6-16-17-12/h5-7,9,11,13H,3-4,8,10H2,1-2H3,(H,16,17)/t13-/m1/s1. The van der Waals surface area contributed by atoms with Crippen LogP contribution in [0.2, 0.25) is 0 Å². The van der Waals surface area contributed by atoms with Gasteiger partial charge in [0.25, 0.3) is 0 Å². The first kappa shape index (κ1) is 12.4. The summed E-state index contributed by atoms with van der Waals surface area (Å²) in [6.45, 7) is 6.44. The molecule has 5 heteroatoms. The third kappa shape index (κ3) is 2.42. The van der Waals surface area contributed by atoms with Crippen LogP contribution in [0.25, 0.3) is 0 Å². The minimum absolute atomic E-state index is 0.458. The number of aromatic amines is 1. The van der Waals surface area contributed by atoms with Gasteiger partial charge in [0.1, 0.15) is 5.82 Å². The quantitative estimate of drug-likeness (QED) is 0.918. The van der Waals surface area contributed by atoms with Crippen LogP contribution < -0.4 is 0 Å². The summed E-state index contributed by atoms with van der Waals surface area (Å²) >= 11 is 0. The normalized spacial score (nSPS) is 20.5. The fourth-order valence-electron chi connectivity index (χ4n) is 2.94. The molecule has 0 aromatic carbocycles. The van der Waals surface area contributed by atoms with Crippen LogP contribution in [0.4, 0.5) is 0 Å². The van der Waals surface area contributed by atoms with Gasteiger partial charge in [-0.1, -0.05) is 0 Å². The van der Waals surface area contributed by atoms with Gasteiger partial charge in [-0.3, -0.25) is 10.00 Å². The molecule has 0 unspecified atom stereocenters. The molecule has 0 radical (unpaired) electrons. The fourth-order valence-corrected chi connectivity index (χ4v) is 2.94. The number of nitrogens with one attached hydrogen (secondary N) is 1. The zero-order valence-electron chi connectivity index (χ0n) is 11.6. The predicted molar refractivity (Wildman–Crippen MR) is 73.6 cm³/mol. The van der Waals surface area contributed by atoms with Gasteiger partial charge >= 0.3 is 0 Å². The zero-order valence-corrected chi connectivity index (χ0v) is 11.6. The lowest BCUT2D eigenvalue weighted by molar-refractivity contribution is 0.233. The molecule has 5 nitrogen and oxygen atoms in total. The molecule has 0 spiro atoms. The number of hydrogen-bond donors (Lipinski definition) is 1. The SMILES string of the molecule is CC(C)n1ccnc1CN1CCC[C@@H]1c1ccn[nH]1. The molecule has 1 saturated heterocycles. The molecule has 3 heterocycles. The van der Waals surface area contributed by atoms with E-state index in [1.54, 1.807) is 0 Å². The van der Waals surface area contributed by atoms with Gasteiger partial charge in [0, 0.05) is 24.6 Å². The lowest BCUT2D eigenvalue weighted by atomic mass is 10.1. The maximum atomic E-state index is 4.51. The summed E-state index contributed by atoms with van der Waals surface area (Å²) in [5.41, 5.74) is 1.22. The summed E-state index contributed by atoms with van der Waals surface area (Å²) in [6.07, 6.45) is 8.25. The van der Waals surface area contributed by atoms with Gasteiger partial charge < -0.3 is 4.57 Å². The molecule has 2 aromatic heterocycles. The van der Waals surface area contributed by atoms with Crippen molar-refractivity contribution in [1.82, 2.24) is 24.6 Å². The van der Waals surface area contributed by atoms with Crippen LogP contribution in [0, 0.1) is 0 Å². The molecule has 1 atom stereocenters. The Kier molecular flexibility index (Phi) is 3.38. The Bertz CT molecular complexity index is 514. The number of imidazole rings is 1. The zero-order chi connectivity index (χ0) is 13.2. The van der Waals surface area contributed by atoms with Crippen LogP contribution in [-0.2, 0) is 6.54 Å². The van der Waals surface area contributed by atoms with Gasteiger partial charge in [0.15, 0.2) is 0 Å². The van der Waals surface area contributed by atoms with Gasteiger partial charge in [-0.25, -0.2) is 4.98 Å². The average molecular weight is 259 g/mol. The van der Waals surface area contributed by atoms with E-state index >= 15 is 0 Å². The minimum atomic E-state index is 0.458. The van der Waals surface area contributed by atoms with E-state index in [4.69, 9.17) is 0 Å². The Morgan fingerprint density at radius 2 is 2.32 bits per heavy atom. The third-order valence-corrected chi connectivity index (χ3v) is 3.89. The van der Waals surface area contributed by atoms with Gasteiger partial charge in [-0.15, -0.1) is 0 Å². The van der Waals surface area contributed by atoms with Crippen molar-refractivity contribution in [3.8, 4) is 0 Å². The van der Waals surface area contributed by atoms with Gasteiger partial charge in [0.2, 0.25) is 0 Å². The molecule has 1 aliphatic heterocycles. The fraction of sp³-hybridized carbons (Fsp3) is 0.571. The molecule has 1 aliphatic rings. The minimum Gasteiger partial charge on any atom is -0.331 e. The van der Waals surface area contributed by atoms with E-state index in [-0.39, 0.29) is 0 Å². The van der Waals surface area contributed by atoms with Gasteiger partial charge in [-0.05, 0) is 39.3 Å². The van der Waals surface area contributed by atoms with Crippen LogP contribution in [0.1, 0.15) is 50.3 Å². The molecule has 2 aromatic rings. The van der Waals surface area contributed by atoms with Crippen molar-refractivity contribution < 1.29 is 0 Å². The van der Waals surface area contributed by atoms with Gasteiger partial charge in [0.05, 0.1) is 18.3 Å². The van der Waals surface area contributed by atoms with Crippen molar-refractivity contribution in [3.05, 3.63) is 36.2 Å². The van der Waals surface area contributed by atoms with Gasteiger partial charge in [-0.2, -0.15) is 5.10 Å². The number of rotatable bonds is 4. The van der Waals surface area contributed by atoms with E-state index in [0.29, 0.717) is 12.1 Å². The first-order valence-corrected chi connectivity index (χ1v) is 7.00. The monoisotopic (exact) mass is 259 g/mol. The van der Waals surface area contributed by atoms with E-state index in [1.165, 1.54) is 18.5 Å². The van der Waals surface area contributed by atoms with E-state index in [2.05, 4.69) is 50.8 Å². The summed E-state index contributed by atoms with van der Waals surface area (Å²) in [5, 5.41) is 7.18. The smallest absolute Gasteiger partial charge is 0.123 e. The highest BCUT2D eigenvalue weighted by molar-refractivity contribution is 5.08. The van der Waals surface area contributed by atoms with Crippen molar-refractivity contribution >= 4 is 0 Å². The van der Waals surface area contributed by atoms with E-state index < -0.39 is 0 Å². The first-order chi connectivity index (χ1) is 9.25. The summed E-state index contributed by atoms with van der Waals surface area (Å²) in [7, 11) is 0. The van der Waals surface area contributed by atoms with Crippen LogP contribution in [-0.4, -0.2) is 31.2 Å². The van der Waals surface area contributed by atoms with E-state index in [0.717, 1.165) is 18.9 Å². The lowest BCUT2D eigenvalue weighted by Gasteiger charge is -2.24. The molecule has 102 valence electrons. The second kappa shape index (κ2) is 5.17. The average Bonchev–Trinajstić information content (AvgIpc) is 3.09. The van der Waals surface area contributed by atoms with Crippen molar-refractivity contribution in [3.63, 3.8) is 0 Å². The number of likely N-dealkylation sites (tertiary alicyclic amines) is 1. The Morgan fingerprint density at radius 1 is 1.42 bits per heavy atom. The third-order valence-electron chi connectivity index (χ3n) is 3.89. The van der Waals surface area contributed by atoms with Crippen LogP contribution >= 0.6 is 0 Å². The maximum Gasteiger partial charge on any atom is 0.123 e. The molecule has 0 amide bonds. The molecule has 0 aliphatic carbocycles. The van der Waals surface area contributed by atoms with Crippen molar-refractivity contribution in [1.29, 1.82) is 0 Å². The second-order valence-electron chi connectivity index (χ2n) is 5.48. The molecule has 0 bridgehead atoms. The number of aromatic nitrogens is 4. The Balaban J connectivity index is 1.77. The van der Waals surface area contributed by atoms with Crippen LogP contribution in [0.15, 0.2) is 24.7 Å². The summed E-state index contributed by atoms with van der Waals surface area (Å²) in [4.78, 5) is 7.01. The Morgan fingerprint density at radius 3 is 3.05 bits per heavy atom. The second-order valence-corrected chi connectivity index (χ2v) is 5.48. The summed E-state index contributed by atoms with van der Waals surface area (Å²) < 4.78 is 2.25. The largest absolute Gasteiger partial charge is 0.331 e. The van der Waals surface area contributed by atoms with Crippen molar-refractivity contribution in [2.75, 3.05) is 6.54 Å². The number of hydrogen-bond acceptors (Lipinski definition) is 3. The molecule has 1 fully saturated rings. The highest BCUT2D eigenvalue weighted by Crippen LogP contribution is 2.31. The number of H-pyrrole nitrogens is 1. The van der Waals surface area contributed by atoms with Crippen LogP contribution in [0.3, 0.4) is 0 Å². The molecule has 1 N–H and O–H groups in total. The summed E-state index contributed by atoms with van der Waals surface area (Å²) in [6, 6.07) is 3.00. The Labute approximate surface area is 113 Å². The highest BCUT2D eigenvalue weighted by atomic mass is 15.2. The van der Waals surface area contributed by atoms with E-state index in [9.17, 15) is 0 Å². The highest BCUT2D eigenvalue weighted by Gasteiger charge is 2.28. The topological polar surface area (TPSA) is 49.7 Å². The first-order valence-electron chi connectivity index (χ1n) is 7.00. The molecule has 0 saturated carbocycles.